The lowest BCUT2D eigenvalue weighted by atomic mass is 9.70. The van der Waals surface area contributed by atoms with E-state index in [1.54, 1.807) is 0 Å². The van der Waals surface area contributed by atoms with Gasteiger partial charge in [0.1, 0.15) is 5.78 Å². The maximum absolute atomic E-state index is 11.9. The lowest BCUT2D eigenvalue weighted by Gasteiger charge is -2.35. The van der Waals surface area contributed by atoms with Gasteiger partial charge in [0, 0.05) is 11.8 Å². The summed E-state index contributed by atoms with van der Waals surface area (Å²) < 4.78 is 19.9. The van der Waals surface area contributed by atoms with Crippen LogP contribution in [0.2, 0.25) is 0 Å². The Morgan fingerprint density at radius 2 is 2.21 bits per heavy atom. The molecule has 3 nitrogen and oxygen atoms in total. The van der Waals surface area contributed by atoms with Gasteiger partial charge in [-0.25, -0.2) is 4.21 Å². The van der Waals surface area contributed by atoms with Crippen LogP contribution in [-0.2, 0) is 15.9 Å². The van der Waals surface area contributed by atoms with E-state index in [-0.39, 0.29) is 17.0 Å². The molecule has 4 heteroatoms. The van der Waals surface area contributed by atoms with Gasteiger partial charge in [0.15, 0.2) is 11.1 Å². The molecule has 0 aromatic heterocycles. The molecule has 0 aromatic rings. The summed E-state index contributed by atoms with van der Waals surface area (Å²) in [6.07, 6.45) is 2.45. The summed E-state index contributed by atoms with van der Waals surface area (Å²) in [6, 6.07) is 0. The summed E-state index contributed by atoms with van der Waals surface area (Å²) in [5.74, 6) is 0.773. The molecule has 2 bridgehead atoms. The maximum Gasteiger partial charge on any atom is 0.153 e. The first-order chi connectivity index (χ1) is 6.40. The van der Waals surface area contributed by atoms with Gasteiger partial charge in [0.25, 0.3) is 0 Å². The topological polar surface area (TPSA) is 54.4 Å². The van der Waals surface area contributed by atoms with Gasteiger partial charge in [-0.05, 0) is 24.2 Å². The van der Waals surface area contributed by atoms with Gasteiger partial charge in [0.05, 0.1) is 5.75 Å². The van der Waals surface area contributed by atoms with Crippen molar-refractivity contribution in [2.75, 3.05) is 5.75 Å². The van der Waals surface area contributed by atoms with Gasteiger partial charge >= 0.3 is 0 Å². The minimum atomic E-state index is -1.86. The number of fused-ring (bicyclic) bond motifs is 2. The summed E-state index contributed by atoms with van der Waals surface area (Å²) in [5, 5.41) is 0. The second-order valence-corrected chi connectivity index (χ2v) is 6.06. The molecule has 2 aliphatic rings. The third-order valence-electron chi connectivity index (χ3n) is 4.51. The highest BCUT2D eigenvalue weighted by Gasteiger charge is 2.64. The Kier molecular flexibility index (Phi) is 2.13. The lowest BCUT2D eigenvalue weighted by Crippen LogP contribution is -2.40. The van der Waals surface area contributed by atoms with Crippen LogP contribution >= 0.6 is 0 Å². The highest BCUT2D eigenvalue weighted by molar-refractivity contribution is 7.79. The van der Waals surface area contributed by atoms with Crippen molar-refractivity contribution in [1.82, 2.24) is 0 Å². The molecular formula is C10H16O3S. The van der Waals surface area contributed by atoms with Crippen LogP contribution < -0.4 is 0 Å². The standard InChI is InChI=1S/C10H16O3S/c1-9(2)7-3-4-10(9,6-14(12)13)8(11)5-7/h7H,3-6H2,1-2H3,(H,12,13). The monoisotopic (exact) mass is 216 g/mol. The van der Waals surface area contributed by atoms with E-state index < -0.39 is 16.5 Å². The molecule has 0 aliphatic heterocycles. The van der Waals surface area contributed by atoms with Crippen molar-refractivity contribution >= 4 is 16.9 Å². The molecule has 0 amide bonds. The van der Waals surface area contributed by atoms with E-state index in [0.29, 0.717) is 12.3 Å². The lowest BCUT2D eigenvalue weighted by molar-refractivity contribution is -0.128. The fourth-order valence-electron chi connectivity index (χ4n) is 3.32. The van der Waals surface area contributed by atoms with Gasteiger partial charge in [0.2, 0.25) is 0 Å². The first-order valence-corrected chi connectivity index (χ1v) is 6.28. The molecule has 2 rings (SSSR count). The highest BCUT2D eigenvalue weighted by atomic mass is 32.2. The van der Waals surface area contributed by atoms with Crippen molar-refractivity contribution in [2.24, 2.45) is 16.7 Å². The molecule has 80 valence electrons. The van der Waals surface area contributed by atoms with Crippen molar-refractivity contribution < 1.29 is 13.6 Å². The maximum atomic E-state index is 11.9. The quantitative estimate of drug-likeness (QED) is 0.713. The van der Waals surface area contributed by atoms with E-state index in [0.717, 1.165) is 12.8 Å². The number of Topliss-reactive ketones (excluding diaryl/α,β-unsaturated/α-hetero) is 1. The van der Waals surface area contributed by atoms with Crippen LogP contribution in [0.5, 0.6) is 0 Å². The smallest absolute Gasteiger partial charge is 0.153 e. The van der Waals surface area contributed by atoms with Crippen molar-refractivity contribution in [2.45, 2.75) is 33.1 Å². The zero-order chi connectivity index (χ0) is 10.6. The van der Waals surface area contributed by atoms with Crippen LogP contribution in [0.15, 0.2) is 0 Å². The average Bonchev–Trinajstić information content (AvgIpc) is 2.36. The number of carbonyl (C=O) groups excluding carboxylic acids is 1. The van der Waals surface area contributed by atoms with Gasteiger partial charge in [-0.15, -0.1) is 0 Å². The predicted octanol–water partition coefficient (Wildman–Crippen LogP) is 1.60. The molecular weight excluding hydrogens is 200 g/mol. The molecule has 2 fully saturated rings. The van der Waals surface area contributed by atoms with E-state index in [4.69, 9.17) is 4.55 Å². The van der Waals surface area contributed by atoms with Crippen LogP contribution in [0.25, 0.3) is 0 Å². The minimum absolute atomic E-state index is 0.0809. The molecule has 2 saturated carbocycles. The number of rotatable bonds is 2. The SMILES string of the molecule is CC1(C)C2CCC1(CS(=O)O)C(=O)C2. The Bertz CT molecular complexity index is 310. The van der Waals surface area contributed by atoms with Crippen LogP contribution in [0, 0.1) is 16.7 Å². The van der Waals surface area contributed by atoms with E-state index in [1.807, 2.05) is 0 Å². The van der Waals surface area contributed by atoms with Gasteiger partial charge in [-0.2, -0.15) is 0 Å². The zero-order valence-corrected chi connectivity index (χ0v) is 9.39. The van der Waals surface area contributed by atoms with E-state index >= 15 is 0 Å². The Hall–Kier alpha value is -0.220. The average molecular weight is 216 g/mol. The minimum Gasteiger partial charge on any atom is -0.306 e. The van der Waals surface area contributed by atoms with Crippen LogP contribution in [0.3, 0.4) is 0 Å². The second-order valence-electron chi connectivity index (χ2n) is 5.13. The molecule has 0 radical (unpaired) electrons. The molecule has 14 heavy (non-hydrogen) atoms. The van der Waals surface area contributed by atoms with Crippen LogP contribution in [-0.4, -0.2) is 20.3 Å². The van der Waals surface area contributed by atoms with Crippen molar-refractivity contribution in [3.63, 3.8) is 0 Å². The molecule has 1 N–H and O–H groups in total. The summed E-state index contributed by atoms with van der Waals surface area (Å²) in [4.78, 5) is 11.9. The van der Waals surface area contributed by atoms with Crippen LogP contribution in [0.4, 0.5) is 0 Å². The van der Waals surface area contributed by atoms with E-state index in [9.17, 15) is 9.00 Å². The van der Waals surface area contributed by atoms with Crippen molar-refractivity contribution in [1.29, 1.82) is 0 Å². The van der Waals surface area contributed by atoms with Gasteiger partial charge in [-0.1, -0.05) is 13.8 Å². The van der Waals surface area contributed by atoms with Crippen LogP contribution in [0.1, 0.15) is 33.1 Å². The predicted molar refractivity (Wildman–Crippen MR) is 54.2 cm³/mol. The summed E-state index contributed by atoms with van der Waals surface area (Å²) >= 11 is -1.86. The second kappa shape index (κ2) is 2.89. The zero-order valence-electron chi connectivity index (χ0n) is 8.58. The van der Waals surface area contributed by atoms with Gasteiger partial charge < -0.3 is 4.55 Å². The van der Waals surface area contributed by atoms with Crippen molar-refractivity contribution in [3.8, 4) is 0 Å². The number of ketones is 1. The fraction of sp³-hybridized carbons (Fsp3) is 0.900. The molecule has 0 aromatic carbocycles. The first-order valence-electron chi connectivity index (χ1n) is 5.01. The fourth-order valence-corrected chi connectivity index (χ4v) is 4.42. The third-order valence-corrected chi connectivity index (χ3v) is 5.25. The number of carbonyl (C=O) groups is 1. The third kappa shape index (κ3) is 1.07. The van der Waals surface area contributed by atoms with Gasteiger partial charge in [-0.3, -0.25) is 4.79 Å². The molecule has 0 spiro atoms. The normalized spacial score (nSPS) is 41.6. The summed E-state index contributed by atoms with van der Waals surface area (Å²) in [5.41, 5.74) is -0.584. The van der Waals surface area contributed by atoms with E-state index in [2.05, 4.69) is 13.8 Å². The Morgan fingerprint density at radius 3 is 2.57 bits per heavy atom. The highest BCUT2D eigenvalue weighted by Crippen LogP contribution is 2.63. The largest absolute Gasteiger partial charge is 0.306 e. The summed E-state index contributed by atoms with van der Waals surface area (Å²) in [7, 11) is 0. The van der Waals surface area contributed by atoms with Crippen molar-refractivity contribution in [3.05, 3.63) is 0 Å². The Labute approximate surface area is 86.6 Å². The molecule has 0 saturated heterocycles. The first kappa shape index (κ1) is 10.3. The molecule has 2 aliphatic carbocycles. The van der Waals surface area contributed by atoms with E-state index in [1.165, 1.54) is 0 Å². The Morgan fingerprint density at radius 1 is 1.57 bits per heavy atom. The molecule has 0 heterocycles. The Balaban J connectivity index is 2.39. The molecule has 3 unspecified atom stereocenters. The number of hydrogen-bond acceptors (Lipinski definition) is 2. The summed E-state index contributed by atoms with van der Waals surface area (Å²) in [6.45, 7) is 4.14. The number of hydrogen-bond donors (Lipinski definition) is 1. The molecule has 3 atom stereocenters.